The van der Waals surface area contributed by atoms with E-state index in [0.717, 1.165) is 19.3 Å². The molecule has 0 saturated carbocycles. The summed E-state index contributed by atoms with van der Waals surface area (Å²) in [6.45, 7) is 0. The first-order chi connectivity index (χ1) is 16.9. The number of ether oxygens (including phenoxy) is 2. The summed E-state index contributed by atoms with van der Waals surface area (Å²) < 4.78 is 37.7. The lowest BCUT2D eigenvalue weighted by molar-refractivity contribution is -0.135. The number of carbonyl (C=O) groups is 2. The smallest absolute Gasteiger partial charge is 0.311 e. The fourth-order valence-corrected chi connectivity index (χ4v) is 3.45. The number of esters is 2. The molecular weight excluding hydrogens is 464 g/mol. The van der Waals surface area contributed by atoms with Gasteiger partial charge in [-0.3, -0.25) is 9.59 Å². The van der Waals surface area contributed by atoms with Gasteiger partial charge < -0.3 is 9.47 Å². The molecule has 3 rings (SSSR count). The molecule has 7 heteroatoms. The highest BCUT2D eigenvalue weighted by Crippen LogP contribution is 2.27. The Bertz CT molecular complexity index is 1190. The van der Waals surface area contributed by atoms with Crippen LogP contribution in [-0.2, 0) is 9.59 Å². The second-order valence-corrected chi connectivity index (χ2v) is 8.00. The molecule has 0 aromatic heterocycles. The Kier molecular flexibility index (Phi) is 11.3. The fourth-order valence-electron chi connectivity index (χ4n) is 3.45. The Morgan fingerprint density at radius 3 is 1.81 bits per heavy atom. The molecule has 5 nitrogen and oxygen atoms in total. The van der Waals surface area contributed by atoms with E-state index >= 15 is 0 Å². The molecule has 0 heterocycles. The molecule has 0 spiro atoms. The van der Waals surface area contributed by atoms with Crippen LogP contribution in [0.2, 0.25) is 0 Å². The average Bonchev–Trinajstić information content (AvgIpc) is 2.85. The van der Waals surface area contributed by atoms with Crippen LogP contribution in [0.25, 0.3) is 11.1 Å². The summed E-state index contributed by atoms with van der Waals surface area (Å²) in [5.74, 6) is -1.24. The highest BCUT2D eigenvalue weighted by atomic mass is 19.1. The molecule has 36 heavy (non-hydrogen) atoms. The van der Waals surface area contributed by atoms with Crippen molar-refractivity contribution in [3.8, 4) is 28.7 Å². The van der Waals surface area contributed by atoms with Crippen LogP contribution in [-0.4, -0.2) is 11.9 Å². The summed E-state index contributed by atoms with van der Waals surface area (Å²) in [6, 6.07) is 18.1. The molecule has 3 aromatic carbocycles. The first-order valence-electron chi connectivity index (χ1n) is 11.4. The molecule has 0 bridgehead atoms. The average molecular weight is 494 g/mol. The van der Waals surface area contributed by atoms with E-state index < -0.39 is 17.6 Å². The van der Waals surface area contributed by atoms with E-state index in [1.165, 1.54) is 30.3 Å². The summed E-state index contributed by atoms with van der Waals surface area (Å²) in [5, 5.41) is 8.86. The number of halogens is 2. The van der Waals surface area contributed by atoms with Gasteiger partial charge in [-0.15, -0.1) is 0 Å². The fraction of sp³-hybridized carbons (Fsp3) is 0.276. The van der Waals surface area contributed by atoms with Crippen LogP contribution >= 0.6 is 0 Å². The van der Waals surface area contributed by atoms with Gasteiger partial charge in [-0.2, -0.15) is 5.26 Å². The first kappa shape index (κ1) is 28.2. The third kappa shape index (κ3) is 8.95. The van der Waals surface area contributed by atoms with Gasteiger partial charge in [0.2, 0.25) is 0 Å². The van der Waals surface area contributed by atoms with Crippen molar-refractivity contribution in [3.05, 3.63) is 83.9 Å². The first-order valence-corrected chi connectivity index (χ1v) is 11.4. The highest BCUT2D eigenvalue weighted by molar-refractivity contribution is 5.73. The van der Waals surface area contributed by atoms with Gasteiger partial charge in [-0.1, -0.05) is 38.8 Å². The van der Waals surface area contributed by atoms with Crippen LogP contribution < -0.4 is 9.47 Å². The number of hydrogen-bond donors (Lipinski definition) is 0. The van der Waals surface area contributed by atoms with Crippen LogP contribution in [0.5, 0.6) is 11.5 Å². The second kappa shape index (κ2) is 14.4. The van der Waals surface area contributed by atoms with Crippen molar-refractivity contribution in [1.29, 1.82) is 5.26 Å². The predicted molar refractivity (Wildman–Crippen MR) is 133 cm³/mol. The zero-order valence-corrected chi connectivity index (χ0v) is 19.1. The third-order valence-corrected chi connectivity index (χ3v) is 5.30. The monoisotopic (exact) mass is 493 g/mol. The molecule has 0 aliphatic heterocycles. The number of unbranched alkanes of at least 4 members (excludes halogenated alkanes) is 4. The van der Waals surface area contributed by atoms with E-state index in [4.69, 9.17) is 14.7 Å². The lowest BCUT2D eigenvalue weighted by atomic mass is 10.0. The van der Waals surface area contributed by atoms with Crippen molar-refractivity contribution < 1.29 is 27.8 Å². The van der Waals surface area contributed by atoms with Gasteiger partial charge in [0.05, 0.1) is 11.6 Å². The second-order valence-electron chi connectivity index (χ2n) is 8.00. The number of carbonyl (C=O) groups excluding carboxylic acids is 2. The highest BCUT2D eigenvalue weighted by Gasteiger charge is 2.10. The quantitative estimate of drug-likeness (QED) is 0.158. The molecule has 0 aliphatic rings. The molecule has 0 unspecified atom stereocenters. The maximum absolute atomic E-state index is 14.5. The van der Waals surface area contributed by atoms with Crippen LogP contribution in [0.15, 0.2) is 66.7 Å². The van der Waals surface area contributed by atoms with Crippen LogP contribution in [0.4, 0.5) is 8.78 Å². The standard InChI is InChI=1S/C28H25F2NO4.CH4/c29-22-12-14-23(15-13-22)34-27(32)6-4-2-1-3-5-7-28(33)35-24-16-17-25(26(30)18-24)21-10-8-20(19-31)9-11-21;/h8-18H,1-7H2;1H4. The molecule has 0 radical (unpaired) electrons. The topological polar surface area (TPSA) is 76.4 Å². The van der Waals surface area contributed by atoms with E-state index in [1.807, 2.05) is 6.07 Å². The molecule has 188 valence electrons. The lowest BCUT2D eigenvalue weighted by Gasteiger charge is -2.08. The number of nitrogens with zero attached hydrogens (tertiary/aromatic N) is 1. The largest absolute Gasteiger partial charge is 0.427 e. The normalized spacial score (nSPS) is 10.1. The van der Waals surface area contributed by atoms with Gasteiger partial charge in [0.1, 0.15) is 23.1 Å². The van der Waals surface area contributed by atoms with E-state index in [1.54, 1.807) is 36.4 Å². The molecule has 0 saturated heterocycles. The van der Waals surface area contributed by atoms with Gasteiger partial charge in [0.15, 0.2) is 0 Å². The Labute approximate surface area is 210 Å². The number of benzene rings is 3. The van der Waals surface area contributed by atoms with Crippen molar-refractivity contribution in [1.82, 2.24) is 0 Å². The Morgan fingerprint density at radius 2 is 1.25 bits per heavy atom. The minimum absolute atomic E-state index is 0. The summed E-state index contributed by atoms with van der Waals surface area (Å²) in [5.41, 5.74) is 1.48. The summed E-state index contributed by atoms with van der Waals surface area (Å²) >= 11 is 0. The van der Waals surface area contributed by atoms with E-state index in [9.17, 15) is 18.4 Å². The van der Waals surface area contributed by atoms with Crippen molar-refractivity contribution in [2.24, 2.45) is 0 Å². The zero-order valence-electron chi connectivity index (χ0n) is 19.1. The van der Waals surface area contributed by atoms with Crippen molar-refractivity contribution >= 4 is 11.9 Å². The Balaban J connectivity index is 0.00000456. The number of rotatable bonds is 11. The Morgan fingerprint density at radius 1 is 0.722 bits per heavy atom. The minimum Gasteiger partial charge on any atom is -0.427 e. The van der Waals surface area contributed by atoms with Crippen LogP contribution in [0.3, 0.4) is 0 Å². The van der Waals surface area contributed by atoms with E-state index in [-0.39, 0.29) is 32.0 Å². The predicted octanol–water partition coefficient (Wildman–Crippen LogP) is 7.38. The van der Waals surface area contributed by atoms with Gasteiger partial charge in [0.25, 0.3) is 0 Å². The maximum Gasteiger partial charge on any atom is 0.311 e. The summed E-state index contributed by atoms with van der Waals surface area (Å²) in [6.07, 6.45) is 4.24. The van der Waals surface area contributed by atoms with Crippen molar-refractivity contribution in [2.45, 2.75) is 52.4 Å². The molecule has 0 atom stereocenters. The molecule has 0 N–H and O–H groups in total. The summed E-state index contributed by atoms with van der Waals surface area (Å²) in [7, 11) is 0. The maximum atomic E-state index is 14.5. The van der Waals surface area contributed by atoms with Crippen molar-refractivity contribution in [3.63, 3.8) is 0 Å². The van der Waals surface area contributed by atoms with Gasteiger partial charge in [0, 0.05) is 24.5 Å². The number of nitriles is 1. The van der Waals surface area contributed by atoms with E-state index in [2.05, 4.69) is 0 Å². The van der Waals surface area contributed by atoms with Crippen LogP contribution in [0, 0.1) is 23.0 Å². The SMILES string of the molecule is C.N#Cc1ccc(-c2ccc(OC(=O)CCCCCCCC(=O)Oc3ccc(F)cc3)cc2F)cc1. The third-order valence-electron chi connectivity index (χ3n) is 5.30. The Hall–Kier alpha value is -4.05. The molecule has 0 amide bonds. The molecule has 0 aliphatic carbocycles. The van der Waals surface area contributed by atoms with Crippen molar-refractivity contribution in [2.75, 3.05) is 0 Å². The number of hydrogen-bond acceptors (Lipinski definition) is 5. The molecule has 3 aromatic rings. The zero-order chi connectivity index (χ0) is 25.0. The van der Waals surface area contributed by atoms with Gasteiger partial charge >= 0.3 is 11.9 Å². The summed E-state index contributed by atoms with van der Waals surface area (Å²) in [4.78, 5) is 23.8. The van der Waals surface area contributed by atoms with Gasteiger partial charge in [-0.25, -0.2) is 8.78 Å². The molecule has 0 fully saturated rings. The lowest BCUT2D eigenvalue weighted by Crippen LogP contribution is -2.08. The minimum atomic E-state index is -0.516. The van der Waals surface area contributed by atoms with Gasteiger partial charge in [-0.05, 0) is 66.9 Å². The van der Waals surface area contributed by atoms with E-state index in [0.29, 0.717) is 35.3 Å². The van der Waals surface area contributed by atoms with Crippen LogP contribution in [0.1, 0.15) is 57.9 Å². The molecular formula is C29H29F2NO4.